The van der Waals surface area contributed by atoms with E-state index in [1.807, 2.05) is 12.1 Å². The molecule has 0 aromatic heterocycles. The average molecular weight is 234 g/mol. The number of anilines is 1. The Morgan fingerprint density at radius 3 is 3.12 bits per heavy atom. The van der Waals surface area contributed by atoms with Gasteiger partial charge in [0.25, 0.3) is 0 Å². The second-order valence-electron chi connectivity index (χ2n) is 4.49. The molecule has 2 rings (SSSR count). The van der Waals surface area contributed by atoms with Crippen LogP contribution in [-0.4, -0.2) is 31.8 Å². The molecule has 3 N–H and O–H groups in total. The summed E-state index contributed by atoms with van der Waals surface area (Å²) in [5.41, 5.74) is 2.51. The Morgan fingerprint density at radius 1 is 1.59 bits per heavy atom. The molecule has 0 aliphatic carbocycles. The fraction of sp³-hybridized carbons (Fsp3) is 0.500. The zero-order chi connectivity index (χ0) is 12.3. The molecular formula is C12H19BN2O2. The van der Waals surface area contributed by atoms with E-state index in [0.29, 0.717) is 6.04 Å². The quantitative estimate of drug-likeness (QED) is 0.668. The zero-order valence-corrected chi connectivity index (χ0v) is 10.4. The second-order valence-corrected chi connectivity index (χ2v) is 4.49. The van der Waals surface area contributed by atoms with Gasteiger partial charge in [0.2, 0.25) is 0 Å². The van der Waals surface area contributed by atoms with Crippen molar-refractivity contribution >= 4 is 12.7 Å². The molecule has 0 fully saturated rings. The highest BCUT2D eigenvalue weighted by Gasteiger charge is 2.20. The van der Waals surface area contributed by atoms with Crippen LogP contribution in [0.3, 0.4) is 0 Å². The highest BCUT2D eigenvalue weighted by molar-refractivity contribution is 6.45. The molecule has 4 nitrogen and oxygen atoms in total. The van der Waals surface area contributed by atoms with E-state index < -0.39 is 7.05 Å². The molecule has 0 bridgehead atoms. The van der Waals surface area contributed by atoms with Crippen molar-refractivity contribution in [2.24, 2.45) is 0 Å². The van der Waals surface area contributed by atoms with Crippen LogP contribution in [0.15, 0.2) is 18.2 Å². The molecule has 0 saturated carbocycles. The zero-order valence-electron chi connectivity index (χ0n) is 10.4. The Hall–Kier alpha value is -1.20. The molecule has 1 atom stereocenters. The van der Waals surface area contributed by atoms with Crippen LogP contribution in [0.4, 0.5) is 5.69 Å². The summed E-state index contributed by atoms with van der Waals surface area (Å²) in [6.45, 7) is 2.56. The molecule has 1 aliphatic heterocycles. The van der Waals surface area contributed by atoms with Crippen LogP contribution in [0.2, 0.25) is 6.82 Å². The number of nitrogens with one attached hydrogen (secondary N) is 2. The van der Waals surface area contributed by atoms with Crippen molar-refractivity contribution in [3.63, 3.8) is 0 Å². The molecule has 17 heavy (non-hydrogen) atoms. The van der Waals surface area contributed by atoms with Crippen molar-refractivity contribution in [3.8, 4) is 5.75 Å². The van der Waals surface area contributed by atoms with E-state index in [-0.39, 0.29) is 0 Å². The third-order valence-electron chi connectivity index (χ3n) is 3.08. The monoisotopic (exact) mass is 234 g/mol. The lowest BCUT2D eigenvalue weighted by molar-refractivity contribution is 0.415. The first-order valence-corrected chi connectivity index (χ1v) is 6.04. The minimum atomic E-state index is -0.432. The van der Waals surface area contributed by atoms with Crippen LogP contribution >= 0.6 is 0 Å². The lowest BCUT2D eigenvalue weighted by Crippen LogP contribution is -2.34. The smallest absolute Gasteiger partial charge is 0.373 e. The number of benzene rings is 1. The molecule has 1 aromatic rings. The van der Waals surface area contributed by atoms with Gasteiger partial charge in [0.05, 0.1) is 7.11 Å². The van der Waals surface area contributed by atoms with Gasteiger partial charge < -0.3 is 20.3 Å². The number of hydrogen-bond acceptors (Lipinski definition) is 4. The molecule has 1 aromatic carbocycles. The molecule has 5 heteroatoms. The first kappa shape index (κ1) is 12.3. The fourth-order valence-electron chi connectivity index (χ4n) is 2.17. The normalized spacial score (nSPS) is 17.5. The van der Waals surface area contributed by atoms with Gasteiger partial charge in [-0.1, -0.05) is 6.07 Å². The maximum absolute atomic E-state index is 9.12. The van der Waals surface area contributed by atoms with Crippen molar-refractivity contribution in [2.75, 3.05) is 19.0 Å². The van der Waals surface area contributed by atoms with E-state index in [2.05, 4.69) is 16.6 Å². The van der Waals surface area contributed by atoms with Crippen molar-refractivity contribution in [1.29, 1.82) is 0 Å². The Labute approximate surface area is 103 Å². The van der Waals surface area contributed by atoms with Gasteiger partial charge in [-0.2, -0.15) is 0 Å². The Bertz CT molecular complexity index is 385. The third-order valence-corrected chi connectivity index (χ3v) is 3.08. The van der Waals surface area contributed by atoms with Crippen LogP contribution in [-0.2, 0) is 6.42 Å². The first-order valence-electron chi connectivity index (χ1n) is 6.04. The minimum absolute atomic E-state index is 0.432. The molecule has 1 aliphatic rings. The van der Waals surface area contributed by atoms with Gasteiger partial charge in [-0.05, 0) is 37.8 Å². The summed E-state index contributed by atoms with van der Waals surface area (Å²) in [5.74, 6) is 0.888. The van der Waals surface area contributed by atoms with Crippen LogP contribution < -0.4 is 15.3 Å². The number of hydrogen-bond donors (Lipinski definition) is 3. The van der Waals surface area contributed by atoms with E-state index in [9.17, 15) is 0 Å². The maximum atomic E-state index is 9.12. The molecule has 0 saturated heterocycles. The summed E-state index contributed by atoms with van der Waals surface area (Å²) < 4.78 is 5.20. The summed E-state index contributed by atoms with van der Waals surface area (Å²) >= 11 is 0. The van der Waals surface area contributed by atoms with E-state index in [0.717, 1.165) is 25.1 Å². The predicted octanol–water partition coefficient (Wildman–Crippen LogP) is 1.12. The summed E-state index contributed by atoms with van der Waals surface area (Å²) in [7, 11) is 1.25. The summed E-state index contributed by atoms with van der Waals surface area (Å²) in [5, 5.41) is 15.6. The number of fused-ring (bicyclic) bond motifs is 1. The minimum Gasteiger partial charge on any atom is -0.497 e. The van der Waals surface area contributed by atoms with E-state index in [4.69, 9.17) is 9.76 Å². The molecule has 92 valence electrons. The molecule has 0 radical (unpaired) electrons. The molecule has 0 amide bonds. The maximum Gasteiger partial charge on any atom is 0.373 e. The van der Waals surface area contributed by atoms with E-state index in [1.165, 1.54) is 11.3 Å². The van der Waals surface area contributed by atoms with E-state index in [1.54, 1.807) is 13.9 Å². The van der Waals surface area contributed by atoms with Gasteiger partial charge in [-0.15, -0.1) is 0 Å². The van der Waals surface area contributed by atoms with E-state index >= 15 is 0 Å². The van der Waals surface area contributed by atoms with Crippen LogP contribution in [0.1, 0.15) is 12.0 Å². The average Bonchev–Trinajstić information content (AvgIpc) is 2.69. The second kappa shape index (κ2) is 5.43. The van der Waals surface area contributed by atoms with Crippen LogP contribution in [0.25, 0.3) is 0 Å². The van der Waals surface area contributed by atoms with Crippen LogP contribution in [0, 0.1) is 0 Å². The van der Waals surface area contributed by atoms with Crippen molar-refractivity contribution in [1.82, 2.24) is 5.23 Å². The summed E-state index contributed by atoms with van der Waals surface area (Å²) in [6, 6.07) is 6.60. The highest BCUT2D eigenvalue weighted by Crippen LogP contribution is 2.30. The number of ether oxygens (including phenoxy) is 1. The lowest BCUT2D eigenvalue weighted by Gasteiger charge is -2.12. The third kappa shape index (κ3) is 3.14. The van der Waals surface area contributed by atoms with Crippen LogP contribution in [0.5, 0.6) is 5.75 Å². The topological polar surface area (TPSA) is 53.5 Å². The Kier molecular flexibility index (Phi) is 3.91. The number of rotatable bonds is 5. The number of methoxy groups -OCH3 is 1. The van der Waals surface area contributed by atoms with Gasteiger partial charge in [0, 0.05) is 17.8 Å². The van der Waals surface area contributed by atoms with Gasteiger partial charge in [-0.25, -0.2) is 0 Å². The Balaban J connectivity index is 1.88. The fourth-order valence-corrected chi connectivity index (χ4v) is 2.17. The van der Waals surface area contributed by atoms with Crippen molar-refractivity contribution < 1.29 is 9.76 Å². The summed E-state index contributed by atoms with van der Waals surface area (Å²) in [6.07, 6.45) is 2.04. The van der Waals surface area contributed by atoms with Gasteiger partial charge >= 0.3 is 7.05 Å². The van der Waals surface area contributed by atoms with Gasteiger partial charge in [-0.3, -0.25) is 0 Å². The van der Waals surface area contributed by atoms with Gasteiger partial charge in [0.1, 0.15) is 5.75 Å². The molecule has 1 unspecified atom stereocenters. The molecule has 1 heterocycles. The predicted molar refractivity (Wildman–Crippen MR) is 70.6 cm³/mol. The van der Waals surface area contributed by atoms with Crippen molar-refractivity contribution in [2.45, 2.75) is 25.7 Å². The van der Waals surface area contributed by atoms with Crippen molar-refractivity contribution in [3.05, 3.63) is 23.8 Å². The first-order chi connectivity index (χ1) is 8.19. The molecular weight excluding hydrogens is 215 g/mol. The molecule has 0 spiro atoms. The summed E-state index contributed by atoms with van der Waals surface area (Å²) in [4.78, 5) is 0. The van der Waals surface area contributed by atoms with Gasteiger partial charge in [0.15, 0.2) is 0 Å². The largest absolute Gasteiger partial charge is 0.497 e. The Morgan fingerprint density at radius 2 is 2.41 bits per heavy atom. The standard InChI is InChI=1S/C12H19BN2O2/c1-13(16)14-6-5-10-7-9-3-4-11(17-2)8-12(9)15-10/h3-4,8,10,14-16H,5-7H2,1-2H3. The highest BCUT2D eigenvalue weighted by atomic mass is 16.5. The SMILES string of the molecule is COc1ccc2c(c1)NC(CCNB(C)O)C2. The lowest BCUT2D eigenvalue weighted by atomic mass is 9.88.